The molecule has 5 heteroatoms. The molecule has 2 unspecified atom stereocenters. The predicted molar refractivity (Wildman–Crippen MR) is 93.7 cm³/mol. The van der Waals surface area contributed by atoms with Gasteiger partial charge in [-0.25, -0.2) is 0 Å². The van der Waals surface area contributed by atoms with Crippen LogP contribution in [0, 0.1) is 6.92 Å². The number of aromatic hydroxyl groups is 1. The second kappa shape index (κ2) is 8.04. The highest BCUT2D eigenvalue weighted by molar-refractivity contribution is 5.43. The molecule has 0 saturated carbocycles. The van der Waals surface area contributed by atoms with Gasteiger partial charge in [-0.3, -0.25) is 0 Å². The van der Waals surface area contributed by atoms with Gasteiger partial charge in [-0.05, 0) is 54.8 Å². The van der Waals surface area contributed by atoms with Crippen molar-refractivity contribution in [3.05, 3.63) is 53.1 Å². The SMILES string of the molecule is COc1ccc(CNC(C)C(O)c2ccc(O)c(C)c2)cc1OC. The van der Waals surface area contributed by atoms with Gasteiger partial charge in [0.1, 0.15) is 5.75 Å². The zero-order chi connectivity index (χ0) is 17.7. The zero-order valence-corrected chi connectivity index (χ0v) is 14.5. The number of hydrogen-bond acceptors (Lipinski definition) is 5. The molecule has 0 aromatic heterocycles. The zero-order valence-electron chi connectivity index (χ0n) is 14.5. The second-order valence-corrected chi connectivity index (χ2v) is 5.85. The number of aliphatic hydroxyl groups excluding tert-OH is 1. The van der Waals surface area contributed by atoms with Crippen LogP contribution >= 0.6 is 0 Å². The van der Waals surface area contributed by atoms with Crippen LogP contribution in [0.3, 0.4) is 0 Å². The molecule has 0 spiro atoms. The van der Waals surface area contributed by atoms with E-state index < -0.39 is 6.10 Å². The monoisotopic (exact) mass is 331 g/mol. The molecule has 2 aromatic rings. The number of aliphatic hydroxyl groups is 1. The van der Waals surface area contributed by atoms with Crippen LogP contribution < -0.4 is 14.8 Å². The van der Waals surface area contributed by atoms with E-state index in [1.807, 2.05) is 32.0 Å². The van der Waals surface area contributed by atoms with E-state index in [9.17, 15) is 10.2 Å². The topological polar surface area (TPSA) is 71.0 Å². The Morgan fingerprint density at radius 2 is 1.75 bits per heavy atom. The van der Waals surface area contributed by atoms with Gasteiger partial charge in [-0.2, -0.15) is 0 Å². The Morgan fingerprint density at radius 3 is 2.38 bits per heavy atom. The summed E-state index contributed by atoms with van der Waals surface area (Å²) in [5.74, 6) is 1.60. The van der Waals surface area contributed by atoms with Crippen molar-refractivity contribution >= 4 is 0 Å². The number of nitrogens with one attached hydrogen (secondary N) is 1. The van der Waals surface area contributed by atoms with E-state index in [1.54, 1.807) is 32.4 Å². The quantitative estimate of drug-likeness (QED) is 0.728. The second-order valence-electron chi connectivity index (χ2n) is 5.85. The molecule has 2 rings (SSSR count). The third-order valence-corrected chi connectivity index (χ3v) is 4.11. The molecular weight excluding hydrogens is 306 g/mol. The minimum Gasteiger partial charge on any atom is -0.508 e. The first-order valence-electron chi connectivity index (χ1n) is 7.88. The number of ether oxygens (including phenoxy) is 2. The first-order valence-corrected chi connectivity index (χ1v) is 7.88. The van der Waals surface area contributed by atoms with Crippen LogP contribution in [0.5, 0.6) is 17.2 Å². The number of rotatable bonds is 7. The molecule has 0 aliphatic rings. The molecule has 2 aromatic carbocycles. The van der Waals surface area contributed by atoms with Gasteiger partial charge in [0.05, 0.1) is 20.3 Å². The van der Waals surface area contributed by atoms with Crippen LogP contribution in [0.25, 0.3) is 0 Å². The van der Waals surface area contributed by atoms with Gasteiger partial charge in [0.15, 0.2) is 11.5 Å². The van der Waals surface area contributed by atoms with E-state index in [4.69, 9.17) is 9.47 Å². The molecule has 0 aliphatic carbocycles. The fourth-order valence-electron chi connectivity index (χ4n) is 2.53. The Balaban J connectivity index is 2.01. The lowest BCUT2D eigenvalue weighted by Crippen LogP contribution is -2.31. The molecule has 0 fully saturated rings. The van der Waals surface area contributed by atoms with Gasteiger partial charge in [-0.1, -0.05) is 12.1 Å². The Bertz CT molecular complexity index is 687. The summed E-state index contributed by atoms with van der Waals surface area (Å²) in [7, 11) is 3.21. The number of benzene rings is 2. The number of methoxy groups -OCH3 is 2. The fourth-order valence-corrected chi connectivity index (χ4v) is 2.53. The molecule has 5 nitrogen and oxygen atoms in total. The lowest BCUT2D eigenvalue weighted by molar-refractivity contribution is 0.135. The lowest BCUT2D eigenvalue weighted by Gasteiger charge is -2.21. The van der Waals surface area contributed by atoms with Gasteiger partial charge in [0.25, 0.3) is 0 Å². The minimum atomic E-state index is -0.663. The molecule has 24 heavy (non-hydrogen) atoms. The molecule has 0 radical (unpaired) electrons. The molecule has 2 atom stereocenters. The number of hydrogen-bond donors (Lipinski definition) is 3. The van der Waals surface area contributed by atoms with Crippen molar-refractivity contribution in [3.63, 3.8) is 0 Å². The molecule has 0 heterocycles. The predicted octanol–water partition coefficient (Wildman–Crippen LogP) is 2.93. The van der Waals surface area contributed by atoms with E-state index >= 15 is 0 Å². The Kier molecular flexibility index (Phi) is 6.06. The van der Waals surface area contributed by atoms with E-state index in [2.05, 4.69) is 5.32 Å². The third kappa shape index (κ3) is 4.19. The number of phenolic OH excluding ortho intramolecular Hbond substituents is 1. The van der Waals surface area contributed by atoms with E-state index in [-0.39, 0.29) is 11.8 Å². The normalized spacial score (nSPS) is 13.4. The summed E-state index contributed by atoms with van der Waals surface area (Å²) in [6, 6.07) is 10.7. The Morgan fingerprint density at radius 1 is 1.04 bits per heavy atom. The van der Waals surface area contributed by atoms with Gasteiger partial charge < -0.3 is 25.0 Å². The highest BCUT2D eigenvalue weighted by Gasteiger charge is 2.17. The summed E-state index contributed by atoms with van der Waals surface area (Å²) < 4.78 is 10.5. The molecule has 3 N–H and O–H groups in total. The summed E-state index contributed by atoms with van der Waals surface area (Å²) in [5, 5.41) is 23.4. The van der Waals surface area contributed by atoms with Crippen LogP contribution in [0.1, 0.15) is 29.7 Å². The summed E-state index contributed by atoms with van der Waals surface area (Å²) in [6.45, 7) is 4.33. The Hall–Kier alpha value is -2.24. The number of phenols is 1. The van der Waals surface area contributed by atoms with Crippen molar-refractivity contribution in [2.75, 3.05) is 14.2 Å². The maximum absolute atomic E-state index is 10.5. The minimum absolute atomic E-state index is 0.151. The molecule has 0 aliphatic heterocycles. The number of aryl methyl sites for hydroxylation is 1. The molecule has 0 saturated heterocycles. The Labute approximate surface area is 142 Å². The van der Waals surface area contributed by atoms with Crippen molar-refractivity contribution in [1.82, 2.24) is 5.32 Å². The highest BCUT2D eigenvalue weighted by atomic mass is 16.5. The summed E-state index contributed by atoms with van der Waals surface area (Å²) >= 11 is 0. The molecule has 0 bridgehead atoms. The average molecular weight is 331 g/mol. The summed E-state index contributed by atoms with van der Waals surface area (Å²) in [5.41, 5.74) is 2.56. The fraction of sp³-hybridized carbons (Fsp3) is 0.368. The van der Waals surface area contributed by atoms with Crippen LogP contribution in [-0.4, -0.2) is 30.5 Å². The van der Waals surface area contributed by atoms with E-state index in [0.717, 1.165) is 16.7 Å². The maximum atomic E-state index is 10.5. The highest BCUT2D eigenvalue weighted by Crippen LogP contribution is 2.28. The average Bonchev–Trinajstić information content (AvgIpc) is 2.60. The van der Waals surface area contributed by atoms with Crippen molar-refractivity contribution in [2.45, 2.75) is 32.5 Å². The van der Waals surface area contributed by atoms with Crippen LogP contribution in [0.4, 0.5) is 0 Å². The maximum Gasteiger partial charge on any atom is 0.161 e. The van der Waals surface area contributed by atoms with Crippen LogP contribution in [0.15, 0.2) is 36.4 Å². The van der Waals surface area contributed by atoms with Crippen molar-refractivity contribution < 1.29 is 19.7 Å². The third-order valence-electron chi connectivity index (χ3n) is 4.11. The summed E-state index contributed by atoms with van der Waals surface area (Å²) in [6.07, 6.45) is -0.663. The molecule has 0 amide bonds. The molecular formula is C19H25NO4. The van der Waals surface area contributed by atoms with Gasteiger partial charge in [0.2, 0.25) is 0 Å². The largest absolute Gasteiger partial charge is 0.508 e. The van der Waals surface area contributed by atoms with Gasteiger partial charge in [-0.15, -0.1) is 0 Å². The van der Waals surface area contributed by atoms with Gasteiger partial charge >= 0.3 is 0 Å². The van der Waals surface area contributed by atoms with E-state index in [1.165, 1.54) is 0 Å². The summed E-state index contributed by atoms with van der Waals surface area (Å²) in [4.78, 5) is 0. The van der Waals surface area contributed by atoms with Crippen molar-refractivity contribution in [2.24, 2.45) is 0 Å². The lowest BCUT2D eigenvalue weighted by atomic mass is 10.0. The van der Waals surface area contributed by atoms with E-state index in [0.29, 0.717) is 18.0 Å². The first kappa shape index (κ1) is 18.1. The van der Waals surface area contributed by atoms with Crippen LogP contribution in [-0.2, 0) is 6.54 Å². The standard InChI is InChI=1S/C19H25NO4/c1-12-9-15(6-7-16(12)21)19(22)13(2)20-11-14-5-8-17(23-3)18(10-14)24-4/h5-10,13,19-22H,11H2,1-4H3. The van der Waals surface area contributed by atoms with Gasteiger partial charge in [0, 0.05) is 12.6 Å². The molecule has 130 valence electrons. The smallest absolute Gasteiger partial charge is 0.161 e. The van der Waals surface area contributed by atoms with Crippen molar-refractivity contribution in [1.29, 1.82) is 0 Å². The van der Waals surface area contributed by atoms with Crippen molar-refractivity contribution in [3.8, 4) is 17.2 Å². The van der Waals surface area contributed by atoms with Crippen LogP contribution in [0.2, 0.25) is 0 Å². The first-order chi connectivity index (χ1) is 11.5.